The molecule has 0 saturated carbocycles. The number of aliphatic hydroxyl groups excluding tert-OH is 1. The highest BCUT2D eigenvalue weighted by molar-refractivity contribution is 5.85. The van der Waals surface area contributed by atoms with E-state index < -0.39 is 0 Å². The van der Waals surface area contributed by atoms with E-state index in [0.29, 0.717) is 0 Å². The summed E-state index contributed by atoms with van der Waals surface area (Å²) in [4.78, 5) is 2.41. The molecule has 2 fully saturated rings. The molecule has 3 nitrogen and oxygen atoms in total. The number of hydrogen-bond donors (Lipinski definition) is 2. The first-order chi connectivity index (χ1) is 6.34. The average molecular weight is 221 g/mol. The number of likely N-dealkylation sites (tertiary alicyclic amines) is 1. The van der Waals surface area contributed by atoms with Crippen molar-refractivity contribution < 1.29 is 5.11 Å². The summed E-state index contributed by atoms with van der Waals surface area (Å²) >= 11 is 0. The lowest BCUT2D eigenvalue weighted by Crippen LogP contribution is -2.37. The molecule has 2 N–H and O–H groups in total. The molecule has 2 aliphatic rings. The van der Waals surface area contributed by atoms with E-state index in [1.165, 1.54) is 32.5 Å². The van der Waals surface area contributed by atoms with Crippen LogP contribution in [0.25, 0.3) is 0 Å². The van der Waals surface area contributed by atoms with E-state index in [2.05, 4.69) is 10.2 Å². The van der Waals surface area contributed by atoms with Crippen LogP contribution in [0.3, 0.4) is 0 Å². The molecule has 84 valence electrons. The molecule has 0 aromatic rings. The van der Waals surface area contributed by atoms with E-state index >= 15 is 0 Å². The van der Waals surface area contributed by atoms with Crippen LogP contribution in [-0.4, -0.2) is 48.8 Å². The standard InChI is InChI=1S/C10H20N2O.ClH/c13-10-3-5-12(8-10)7-9-2-1-4-11-6-9;/h9-11,13H,1-8H2;1H/t9?,10-;/m1./s1. The third-order valence-corrected chi connectivity index (χ3v) is 3.16. The van der Waals surface area contributed by atoms with E-state index in [0.717, 1.165) is 25.4 Å². The predicted octanol–water partition coefficient (Wildman–Crippen LogP) is 0.474. The van der Waals surface area contributed by atoms with Gasteiger partial charge in [0.05, 0.1) is 6.10 Å². The number of aliphatic hydroxyl groups is 1. The van der Waals surface area contributed by atoms with Crippen molar-refractivity contribution in [2.45, 2.75) is 25.4 Å². The van der Waals surface area contributed by atoms with E-state index in [1.54, 1.807) is 0 Å². The van der Waals surface area contributed by atoms with Crippen molar-refractivity contribution in [2.24, 2.45) is 5.92 Å². The Kier molecular flexibility index (Phi) is 5.17. The number of nitrogens with zero attached hydrogens (tertiary/aromatic N) is 1. The van der Waals surface area contributed by atoms with Crippen LogP contribution in [0.1, 0.15) is 19.3 Å². The quantitative estimate of drug-likeness (QED) is 0.711. The van der Waals surface area contributed by atoms with Crippen molar-refractivity contribution in [1.29, 1.82) is 0 Å². The van der Waals surface area contributed by atoms with Gasteiger partial charge in [0.1, 0.15) is 0 Å². The maximum absolute atomic E-state index is 9.37. The second kappa shape index (κ2) is 5.91. The van der Waals surface area contributed by atoms with Gasteiger partial charge in [0.2, 0.25) is 0 Å². The number of β-amino-alcohol motifs (C(OH)–C–C–N with tert-alkyl or cyclic N) is 1. The molecular weight excluding hydrogens is 200 g/mol. The zero-order chi connectivity index (χ0) is 9.10. The Balaban J connectivity index is 0.000000980. The fourth-order valence-corrected chi connectivity index (χ4v) is 2.42. The first-order valence-electron chi connectivity index (χ1n) is 5.46. The molecule has 2 saturated heterocycles. The molecular formula is C10H21ClN2O. The van der Waals surface area contributed by atoms with Crippen molar-refractivity contribution in [3.05, 3.63) is 0 Å². The maximum Gasteiger partial charge on any atom is 0.0679 e. The van der Waals surface area contributed by atoms with Gasteiger partial charge in [0, 0.05) is 19.6 Å². The van der Waals surface area contributed by atoms with Gasteiger partial charge in [-0.1, -0.05) is 0 Å². The molecule has 2 atom stereocenters. The lowest BCUT2D eigenvalue weighted by molar-refractivity contribution is 0.165. The molecule has 2 aliphatic heterocycles. The highest BCUT2D eigenvalue weighted by Gasteiger charge is 2.23. The van der Waals surface area contributed by atoms with Gasteiger partial charge < -0.3 is 15.3 Å². The smallest absolute Gasteiger partial charge is 0.0679 e. The van der Waals surface area contributed by atoms with Crippen molar-refractivity contribution in [2.75, 3.05) is 32.7 Å². The van der Waals surface area contributed by atoms with E-state index in [4.69, 9.17) is 0 Å². The number of rotatable bonds is 2. The molecule has 0 amide bonds. The summed E-state index contributed by atoms with van der Waals surface area (Å²) in [5.74, 6) is 0.819. The fourth-order valence-electron chi connectivity index (χ4n) is 2.42. The molecule has 14 heavy (non-hydrogen) atoms. The van der Waals surface area contributed by atoms with Crippen LogP contribution in [-0.2, 0) is 0 Å². The Bertz CT molecular complexity index is 159. The Labute approximate surface area is 92.3 Å². The number of halogens is 1. The van der Waals surface area contributed by atoms with Crippen molar-refractivity contribution in [1.82, 2.24) is 10.2 Å². The normalized spacial score (nSPS) is 34.1. The predicted molar refractivity (Wildman–Crippen MR) is 59.9 cm³/mol. The summed E-state index contributed by atoms with van der Waals surface area (Å²) in [5.41, 5.74) is 0. The van der Waals surface area contributed by atoms with Crippen molar-refractivity contribution >= 4 is 12.4 Å². The highest BCUT2D eigenvalue weighted by atomic mass is 35.5. The summed E-state index contributed by atoms with van der Waals surface area (Å²) in [6.45, 7) is 5.55. The lowest BCUT2D eigenvalue weighted by atomic mass is 9.99. The minimum Gasteiger partial charge on any atom is -0.392 e. The van der Waals surface area contributed by atoms with Gasteiger partial charge >= 0.3 is 0 Å². The van der Waals surface area contributed by atoms with Gasteiger partial charge in [0.15, 0.2) is 0 Å². The van der Waals surface area contributed by atoms with E-state index in [9.17, 15) is 5.11 Å². The van der Waals surface area contributed by atoms with Crippen LogP contribution in [0.5, 0.6) is 0 Å². The average Bonchev–Trinajstić information content (AvgIpc) is 2.53. The molecule has 0 aromatic carbocycles. The van der Waals surface area contributed by atoms with Crippen LogP contribution < -0.4 is 5.32 Å². The number of hydrogen-bond acceptors (Lipinski definition) is 3. The Morgan fingerprint density at radius 3 is 2.79 bits per heavy atom. The summed E-state index contributed by atoms with van der Waals surface area (Å²) in [5, 5.41) is 12.8. The Morgan fingerprint density at radius 1 is 1.36 bits per heavy atom. The third kappa shape index (κ3) is 3.39. The van der Waals surface area contributed by atoms with Crippen LogP contribution in [0.4, 0.5) is 0 Å². The van der Waals surface area contributed by atoms with Crippen molar-refractivity contribution in [3.63, 3.8) is 0 Å². The molecule has 1 unspecified atom stereocenters. The molecule has 4 heteroatoms. The van der Waals surface area contributed by atoms with Crippen LogP contribution in [0.15, 0.2) is 0 Å². The second-order valence-corrected chi connectivity index (χ2v) is 4.41. The largest absolute Gasteiger partial charge is 0.392 e. The second-order valence-electron chi connectivity index (χ2n) is 4.41. The molecule has 0 bridgehead atoms. The fraction of sp³-hybridized carbons (Fsp3) is 1.00. The van der Waals surface area contributed by atoms with Gasteiger partial charge in [-0.3, -0.25) is 0 Å². The molecule has 0 aromatic heterocycles. The summed E-state index contributed by atoms with van der Waals surface area (Å²) < 4.78 is 0. The van der Waals surface area contributed by atoms with Crippen LogP contribution >= 0.6 is 12.4 Å². The highest BCUT2D eigenvalue weighted by Crippen LogP contribution is 2.15. The molecule has 0 aliphatic carbocycles. The molecule has 0 radical (unpaired) electrons. The number of piperidine rings is 1. The van der Waals surface area contributed by atoms with Crippen LogP contribution in [0.2, 0.25) is 0 Å². The molecule has 2 heterocycles. The van der Waals surface area contributed by atoms with E-state index in [-0.39, 0.29) is 18.5 Å². The monoisotopic (exact) mass is 220 g/mol. The Morgan fingerprint density at radius 2 is 2.21 bits per heavy atom. The Hall–Kier alpha value is 0.170. The van der Waals surface area contributed by atoms with Crippen molar-refractivity contribution in [3.8, 4) is 0 Å². The van der Waals surface area contributed by atoms with Crippen LogP contribution in [0, 0.1) is 5.92 Å². The minimum absolute atomic E-state index is 0. The molecule has 2 rings (SSSR count). The summed E-state index contributed by atoms with van der Waals surface area (Å²) in [7, 11) is 0. The maximum atomic E-state index is 9.37. The lowest BCUT2D eigenvalue weighted by Gasteiger charge is -2.27. The van der Waals surface area contributed by atoms with E-state index in [1.807, 2.05) is 0 Å². The minimum atomic E-state index is -0.0588. The third-order valence-electron chi connectivity index (χ3n) is 3.16. The topological polar surface area (TPSA) is 35.5 Å². The summed E-state index contributed by atoms with van der Waals surface area (Å²) in [6.07, 6.45) is 3.59. The van der Waals surface area contributed by atoms with Gasteiger partial charge in [-0.2, -0.15) is 0 Å². The number of nitrogens with one attached hydrogen (secondary N) is 1. The first-order valence-corrected chi connectivity index (χ1v) is 5.46. The zero-order valence-electron chi connectivity index (χ0n) is 8.61. The zero-order valence-corrected chi connectivity index (χ0v) is 9.43. The summed E-state index contributed by atoms with van der Waals surface area (Å²) in [6, 6.07) is 0. The first kappa shape index (κ1) is 12.2. The van der Waals surface area contributed by atoms with Gasteiger partial charge in [-0.15, -0.1) is 12.4 Å². The SMILES string of the molecule is Cl.O[C@@H]1CCN(CC2CCCNC2)C1. The van der Waals surface area contributed by atoms with Gasteiger partial charge in [-0.25, -0.2) is 0 Å². The molecule has 0 spiro atoms. The van der Waals surface area contributed by atoms with Gasteiger partial charge in [0.25, 0.3) is 0 Å². The van der Waals surface area contributed by atoms with Gasteiger partial charge in [-0.05, 0) is 38.3 Å².